The van der Waals surface area contributed by atoms with Gasteiger partial charge in [0.05, 0.1) is 11.0 Å². The summed E-state index contributed by atoms with van der Waals surface area (Å²) in [6.45, 7) is 1.56. The number of nitrogens with two attached hydrogens (primary N) is 1. The molecule has 3 nitrogen and oxygen atoms in total. The third-order valence-electron chi connectivity index (χ3n) is 3.13. The van der Waals surface area contributed by atoms with Gasteiger partial charge < -0.3 is 5.73 Å². The summed E-state index contributed by atoms with van der Waals surface area (Å²) >= 11 is 5.93. The molecule has 0 radical (unpaired) electrons. The topological polar surface area (TPSA) is 43.8 Å². The van der Waals surface area contributed by atoms with Gasteiger partial charge in [-0.25, -0.2) is 13.8 Å². The molecule has 0 aliphatic rings. The van der Waals surface area contributed by atoms with E-state index in [1.54, 1.807) is 25.1 Å². The maximum absolute atomic E-state index is 14.3. The van der Waals surface area contributed by atoms with Crippen molar-refractivity contribution in [3.63, 3.8) is 0 Å². The molecule has 102 valence electrons. The predicted molar refractivity (Wildman–Crippen MR) is 75.1 cm³/mol. The average Bonchev–Trinajstić information content (AvgIpc) is 2.71. The number of aromatic nitrogens is 2. The van der Waals surface area contributed by atoms with Crippen molar-refractivity contribution in [2.75, 3.05) is 5.73 Å². The fourth-order valence-corrected chi connectivity index (χ4v) is 2.32. The minimum atomic E-state index is -0.709. The lowest BCUT2D eigenvalue weighted by molar-refractivity contribution is 0.566. The summed E-state index contributed by atoms with van der Waals surface area (Å²) in [6, 6.07) is 7.43. The molecule has 2 N–H and O–H groups in total. The minimum Gasteiger partial charge on any atom is -0.369 e. The van der Waals surface area contributed by atoms with E-state index in [1.165, 1.54) is 16.7 Å². The molecular formula is C14H10ClF2N3. The smallest absolute Gasteiger partial charge is 0.206 e. The predicted octanol–water partition coefficient (Wildman–Crippen LogP) is 3.85. The average molecular weight is 294 g/mol. The second kappa shape index (κ2) is 4.45. The molecule has 1 heterocycles. The number of anilines is 1. The third kappa shape index (κ3) is 1.82. The lowest BCUT2D eigenvalue weighted by Gasteiger charge is -2.10. The van der Waals surface area contributed by atoms with E-state index in [-0.39, 0.29) is 11.6 Å². The third-order valence-corrected chi connectivity index (χ3v) is 3.36. The van der Waals surface area contributed by atoms with Crippen LogP contribution in [0, 0.1) is 18.6 Å². The number of benzene rings is 2. The molecule has 2 aromatic carbocycles. The molecule has 1 aromatic heterocycles. The van der Waals surface area contributed by atoms with Gasteiger partial charge in [0.1, 0.15) is 11.5 Å². The first-order valence-electron chi connectivity index (χ1n) is 5.87. The van der Waals surface area contributed by atoms with Gasteiger partial charge in [-0.2, -0.15) is 0 Å². The van der Waals surface area contributed by atoms with Crippen LogP contribution in [0.4, 0.5) is 14.7 Å². The molecule has 6 heteroatoms. The highest BCUT2D eigenvalue weighted by Crippen LogP contribution is 2.29. The van der Waals surface area contributed by atoms with Gasteiger partial charge in [0, 0.05) is 5.02 Å². The summed E-state index contributed by atoms with van der Waals surface area (Å²) in [5, 5.41) is 0.437. The van der Waals surface area contributed by atoms with Crippen molar-refractivity contribution in [1.29, 1.82) is 0 Å². The number of rotatable bonds is 1. The van der Waals surface area contributed by atoms with Gasteiger partial charge in [-0.05, 0) is 36.8 Å². The first-order valence-corrected chi connectivity index (χ1v) is 6.25. The zero-order valence-corrected chi connectivity index (χ0v) is 11.2. The standard InChI is InChI=1S/C14H10ClF2N3/c1-7-2-4-9(16)13(12(7)17)20-11-6-8(15)3-5-10(11)19-14(20)18/h2-6H,1H3,(H2,18,19). The lowest BCUT2D eigenvalue weighted by atomic mass is 10.2. The van der Waals surface area contributed by atoms with Crippen molar-refractivity contribution in [1.82, 2.24) is 9.55 Å². The molecule has 0 atom stereocenters. The summed E-state index contributed by atoms with van der Waals surface area (Å²) in [6.07, 6.45) is 0. The Balaban J connectivity index is 2.44. The van der Waals surface area contributed by atoms with E-state index >= 15 is 0 Å². The van der Waals surface area contributed by atoms with Crippen LogP contribution in [-0.4, -0.2) is 9.55 Å². The maximum Gasteiger partial charge on any atom is 0.206 e. The van der Waals surface area contributed by atoms with E-state index in [1.807, 2.05) is 0 Å². The van der Waals surface area contributed by atoms with Crippen LogP contribution in [0.3, 0.4) is 0 Å². The number of nitrogen functional groups attached to an aromatic ring is 1. The summed E-state index contributed by atoms with van der Waals surface area (Å²) in [4.78, 5) is 4.09. The zero-order valence-electron chi connectivity index (χ0n) is 10.5. The van der Waals surface area contributed by atoms with Crippen LogP contribution >= 0.6 is 11.6 Å². The van der Waals surface area contributed by atoms with Crippen LogP contribution in [-0.2, 0) is 0 Å². The molecule has 0 saturated carbocycles. The summed E-state index contributed by atoms with van der Waals surface area (Å²) in [5.41, 5.74) is 6.86. The highest BCUT2D eigenvalue weighted by molar-refractivity contribution is 6.31. The van der Waals surface area contributed by atoms with E-state index in [0.717, 1.165) is 0 Å². The molecule has 0 amide bonds. The van der Waals surface area contributed by atoms with E-state index in [4.69, 9.17) is 17.3 Å². The molecular weight excluding hydrogens is 284 g/mol. The number of nitrogens with zero attached hydrogens (tertiary/aromatic N) is 2. The van der Waals surface area contributed by atoms with E-state index in [9.17, 15) is 8.78 Å². The summed E-state index contributed by atoms with van der Waals surface area (Å²) in [5.74, 6) is -1.37. The second-order valence-corrected chi connectivity index (χ2v) is 4.90. The van der Waals surface area contributed by atoms with Crippen molar-refractivity contribution < 1.29 is 8.78 Å². The van der Waals surface area contributed by atoms with Gasteiger partial charge in [-0.1, -0.05) is 17.7 Å². The van der Waals surface area contributed by atoms with Gasteiger partial charge in [0.15, 0.2) is 5.82 Å². The Morgan fingerprint density at radius 2 is 1.95 bits per heavy atom. The number of imidazole rings is 1. The summed E-state index contributed by atoms with van der Waals surface area (Å²) in [7, 11) is 0. The molecule has 3 aromatic rings. The molecule has 3 rings (SSSR count). The highest BCUT2D eigenvalue weighted by atomic mass is 35.5. The molecule has 0 unspecified atom stereocenters. The Hall–Kier alpha value is -2.14. The van der Waals surface area contributed by atoms with E-state index in [2.05, 4.69) is 4.98 Å². The Morgan fingerprint density at radius 3 is 2.70 bits per heavy atom. The van der Waals surface area contributed by atoms with Gasteiger partial charge in [-0.15, -0.1) is 0 Å². The van der Waals surface area contributed by atoms with Crippen molar-refractivity contribution in [2.24, 2.45) is 0 Å². The summed E-state index contributed by atoms with van der Waals surface area (Å²) < 4.78 is 29.5. The minimum absolute atomic E-state index is 0.00525. The number of halogens is 3. The number of hydrogen-bond donors (Lipinski definition) is 1. The molecule has 20 heavy (non-hydrogen) atoms. The van der Waals surface area contributed by atoms with Gasteiger partial charge in [-0.3, -0.25) is 4.57 Å². The van der Waals surface area contributed by atoms with Crippen molar-refractivity contribution in [3.05, 3.63) is 52.6 Å². The van der Waals surface area contributed by atoms with E-state index in [0.29, 0.717) is 21.6 Å². The zero-order chi connectivity index (χ0) is 14.4. The van der Waals surface area contributed by atoms with Crippen molar-refractivity contribution in [2.45, 2.75) is 6.92 Å². The van der Waals surface area contributed by atoms with Crippen LogP contribution in [0.5, 0.6) is 0 Å². The number of fused-ring (bicyclic) bond motifs is 1. The quantitative estimate of drug-likeness (QED) is 0.740. The normalized spacial score (nSPS) is 11.2. The number of hydrogen-bond acceptors (Lipinski definition) is 2. The Morgan fingerprint density at radius 1 is 1.20 bits per heavy atom. The monoisotopic (exact) mass is 293 g/mol. The van der Waals surface area contributed by atoms with Gasteiger partial charge in [0.2, 0.25) is 5.95 Å². The lowest BCUT2D eigenvalue weighted by Crippen LogP contribution is -2.06. The van der Waals surface area contributed by atoms with E-state index < -0.39 is 11.6 Å². The SMILES string of the molecule is Cc1ccc(F)c(-n2c(N)nc3ccc(Cl)cc32)c1F. The van der Waals surface area contributed by atoms with Crippen LogP contribution in [0.2, 0.25) is 5.02 Å². The molecule has 0 aliphatic heterocycles. The fourth-order valence-electron chi connectivity index (χ4n) is 2.15. The first kappa shape index (κ1) is 12.9. The molecule has 0 saturated heterocycles. The fraction of sp³-hybridized carbons (Fsp3) is 0.0714. The van der Waals surface area contributed by atoms with Crippen molar-refractivity contribution >= 4 is 28.6 Å². The largest absolute Gasteiger partial charge is 0.369 e. The Bertz CT molecular complexity index is 827. The van der Waals surface area contributed by atoms with Crippen LogP contribution in [0.1, 0.15) is 5.56 Å². The second-order valence-electron chi connectivity index (χ2n) is 4.47. The van der Waals surface area contributed by atoms with Gasteiger partial charge >= 0.3 is 0 Å². The molecule has 0 bridgehead atoms. The Kier molecular flexibility index (Phi) is 2.87. The first-order chi connectivity index (χ1) is 9.49. The highest BCUT2D eigenvalue weighted by Gasteiger charge is 2.19. The van der Waals surface area contributed by atoms with Crippen LogP contribution in [0.15, 0.2) is 30.3 Å². The molecule has 0 spiro atoms. The molecule has 0 aliphatic carbocycles. The van der Waals surface area contributed by atoms with Crippen molar-refractivity contribution in [3.8, 4) is 5.69 Å². The Labute approximate surface area is 118 Å². The maximum atomic E-state index is 14.3. The molecule has 0 fully saturated rings. The van der Waals surface area contributed by atoms with Crippen LogP contribution in [0.25, 0.3) is 16.7 Å². The van der Waals surface area contributed by atoms with Crippen LogP contribution < -0.4 is 5.73 Å². The number of aryl methyl sites for hydroxylation is 1. The van der Waals surface area contributed by atoms with Gasteiger partial charge in [0.25, 0.3) is 0 Å².